The van der Waals surface area contributed by atoms with Crippen LogP contribution in [0.4, 0.5) is 19.0 Å². The van der Waals surface area contributed by atoms with E-state index in [4.69, 9.17) is 0 Å². The first-order valence-corrected chi connectivity index (χ1v) is 10.3. The number of nitrogens with one attached hydrogen (secondary N) is 1. The van der Waals surface area contributed by atoms with Crippen LogP contribution in [0.1, 0.15) is 44.6 Å². The lowest BCUT2D eigenvalue weighted by Crippen LogP contribution is -2.28. The molecule has 0 aliphatic heterocycles. The van der Waals surface area contributed by atoms with Crippen LogP contribution in [-0.4, -0.2) is 31.9 Å². The summed E-state index contributed by atoms with van der Waals surface area (Å²) >= 11 is 0. The van der Waals surface area contributed by atoms with E-state index in [-0.39, 0.29) is 6.10 Å². The topological polar surface area (TPSA) is 62.5 Å². The molecule has 1 aromatic carbocycles. The third-order valence-electron chi connectivity index (χ3n) is 5.72. The number of nitrogens with zero attached hydrogens (tertiary/aromatic N) is 3. The van der Waals surface area contributed by atoms with Crippen molar-refractivity contribution >= 4 is 11.5 Å². The van der Waals surface area contributed by atoms with Gasteiger partial charge in [-0.2, -0.15) is 13.2 Å². The van der Waals surface area contributed by atoms with Crippen molar-refractivity contribution in [1.29, 1.82) is 0 Å². The number of aromatic nitrogens is 3. The molecular formula is C22H25F3N4O. The van der Waals surface area contributed by atoms with Crippen LogP contribution in [0, 0.1) is 5.92 Å². The van der Waals surface area contributed by atoms with E-state index in [1.54, 1.807) is 16.8 Å². The number of fused-ring (bicyclic) bond motifs is 1. The lowest BCUT2D eigenvalue weighted by molar-refractivity contribution is -0.137. The number of aliphatic hydroxyl groups is 1. The predicted octanol–water partition coefficient (Wildman–Crippen LogP) is 5.16. The number of rotatable bonds is 5. The van der Waals surface area contributed by atoms with Crippen molar-refractivity contribution < 1.29 is 18.3 Å². The van der Waals surface area contributed by atoms with Crippen LogP contribution in [0.5, 0.6) is 0 Å². The summed E-state index contributed by atoms with van der Waals surface area (Å²) in [4.78, 5) is 4.28. The molecule has 30 heavy (non-hydrogen) atoms. The highest BCUT2D eigenvalue weighted by molar-refractivity contribution is 5.64. The molecule has 0 spiro atoms. The van der Waals surface area contributed by atoms with E-state index >= 15 is 0 Å². The molecule has 4 rings (SSSR count). The van der Waals surface area contributed by atoms with E-state index in [0.29, 0.717) is 34.7 Å². The predicted molar refractivity (Wildman–Crippen MR) is 109 cm³/mol. The standard InChI is InChI=1S/C22H25F3N4O/c1-14(30)11-15-5-7-18(8-6-15)27-20-9-10-21-26-13-19(29(21)28-20)16-3-2-4-17(12-16)22(23,24)25/h2-4,9-10,12-15,18,30H,5-8,11H2,1H3,(H,27,28). The fraction of sp³-hybridized carbons (Fsp3) is 0.455. The van der Waals surface area contributed by atoms with E-state index in [1.807, 2.05) is 19.1 Å². The van der Waals surface area contributed by atoms with Gasteiger partial charge in [0.05, 0.1) is 23.6 Å². The molecule has 2 N–H and O–H groups in total. The lowest BCUT2D eigenvalue weighted by Gasteiger charge is -2.30. The fourth-order valence-corrected chi connectivity index (χ4v) is 4.24. The van der Waals surface area contributed by atoms with Gasteiger partial charge in [-0.25, -0.2) is 9.50 Å². The Balaban J connectivity index is 1.53. The summed E-state index contributed by atoms with van der Waals surface area (Å²) in [5, 5.41) is 17.6. The van der Waals surface area contributed by atoms with Crippen LogP contribution < -0.4 is 5.32 Å². The van der Waals surface area contributed by atoms with Gasteiger partial charge in [0.2, 0.25) is 0 Å². The first-order valence-electron chi connectivity index (χ1n) is 10.3. The molecule has 3 aromatic rings. The minimum Gasteiger partial charge on any atom is -0.393 e. The van der Waals surface area contributed by atoms with Gasteiger partial charge in [-0.1, -0.05) is 12.1 Å². The summed E-state index contributed by atoms with van der Waals surface area (Å²) in [5.74, 6) is 1.23. The van der Waals surface area contributed by atoms with Crippen LogP contribution >= 0.6 is 0 Å². The largest absolute Gasteiger partial charge is 0.416 e. The minimum atomic E-state index is -4.40. The van der Waals surface area contributed by atoms with Crippen LogP contribution in [0.2, 0.25) is 0 Å². The van der Waals surface area contributed by atoms with Crippen LogP contribution in [0.3, 0.4) is 0 Å². The van der Waals surface area contributed by atoms with E-state index in [9.17, 15) is 18.3 Å². The van der Waals surface area contributed by atoms with Crippen molar-refractivity contribution in [3.05, 3.63) is 48.2 Å². The first-order chi connectivity index (χ1) is 14.3. The van der Waals surface area contributed by atoms with Gasteiger partial charge < -0.3 is 10.4 Å². The number of alkyl halides is 3. The number of hydrogen-bond acceptors (Lipinski definition) is 4. The molecule has 8 heteroatoms. The Labute approximate surface area is 172 Å². The zero-order chi connectivity index (χ0) is 21.3. The van der Waals surface area contributed by atoms with Crippen molar-refractivity contribution in [2.75, 3.05) is 5.32 Å². The maximum Gasteiger partial charge on any atom is 0.416 e. The molecule has 1 saturated carbocycles. The Morgan fingerprint density at radius 2 is 1.93 bits per heavy atom. The molecule has 2 heterocycles. The second-order valence-electron chi connectivity index (χ2n) is 8.16. The summed E-state index contributed by atoms with van der Waals surface area (Å²) in [5.41, 5.74) is 0.813. The quantitative estimate of drug-likeness (QED) is 0.601. The molecule has 0 bridgehead atoms. The molecule has 0 radical (unpaired) electrons. The van der Waals surface area contributed by atoms with Gasteiger partial charge in [0.25, 0.3) is 0 Å². The maximum absolute atomic E-state index is 13.1. The number of anilines is 1. The van der Waals surface area contributed by atoms with Gasteiger partial charge in [-0.3, -0.25) is 0 Å². The number of aliphatic hydroxyl groups excluding tert-OH is 1. The molecule has 1 aliphatic rings. The van der Waals surface area contributed by atoms with Crippen molar-refractivity contribution in [2.24, 2.45) is 5.92 Å². The molecular weight excluding hydrogens is 393 g/mol. The van der Waals surface area contributed by atoms with Gasteiger partial charge in [0.15, 0.2) is 5.65 Å². The van der Waals surface area contributed by atoms with E-state index < -0.39 is 11.7 Å². The Kier molecular flexibility index (Phi) is 5.69. The highest BCUT2D eigenvalue weighted by Gasteiger charge is 2.30. The van der Waals surface area contributed by atoms with Gasteiger partial charge in [-0.15, -0.1) is 5.10 Å². The van der Waals surface area contributed by atoms with Crippen molar-refractivity contribution in [1.82, 2.24) is 14.6 Å². The van der Waals surface area contributed by atoms with Gasteiger partial charge in [0.1, 0.15) is 5.82 Å². The third-order valence-corrected chi connectivity index (χ3v) is 5.72. The fourth-order valence-electron chi connectivity index (χ4n) is 4.24. The normalized spacial score (nSPS) is 21.0. The molecule has 2 aromatic heterocycles. The molecule has 1 unspecified atom stereocenters. The van der Waals surface area contributed by atoms with Gasteiger partial charge >= 0.3 is 6.18 Å². The van der Waals surface area contributed by atoms with Crippen molar-refractivity contribution in [2.45, 2.75) is 57.3 Å². The van der Waals surface area contributed by atoms with Crippen LogP contribution in [-0.2, 0) is 6.18 Å². The summed E-state index contributed by atoms with van der Waals surface area (Å²) in [6.07, 6.45) is 1.84. The summed E-state index contributed by atoms with van der Waals surface area (Å²) in [6, 6.07) is 9.15. The molecule has 1 fully saturated rings. The molecule has 0 amide bonds. The molecule has 160 valence electrons. The van der Waals surface area contributed by atoms with Crippen LogP contribution in [0.15, 0.2) is 42.6 Å². The van der Waals surface area contributed by atoms with E-state index in [1.165, 1.54) is 6.07 Å². The number of halogens is 3. The number of imidazole rings is 1. The number of benzene rings is 1. The average molecular weight is 418 g/mol. The summed E-state index contributed by atoms with van der Waals surface area (Å²) < 4.78 is 40.8. The van der Waals surface area contributed by atoms with Gasteiger partial charge in [-0.05, 0) is 69.2 Å². The summed E-state index contributed by atoms with van der Waals surface area (Å²) in [6.45, 7) is 1.83. The Morgan fingerprint density at radius 1 is 1.17 bits per heavy atom. The lowest BCUT2D eigenvalue weighted by atomic mass is 9.83. The molecule has 5 nitrogen and oxygen atoms in total. The smallest absolute Gasteiger partial charge is 0.393 e. The maximum atomic E-state index is 13.1. The Bertz CT molecular complexity index is 1010. The zero-order valence-electron chi connectivity index (χ0n) is 16.7. The highest BCUT2D eigenvalue weighted by atomic mass is 19.4. The average Bonchev–Trinajstić information content (AvgIpc) is 3.12. The Hall–Kier alpha value is -2.61. The van der Waals surface area contributed by atoms with Gasteiger partial charge in [0, 0.05) is 11.6 Å². The highest BCUT2D eigenvalue weighted by Crippen LogP contribution is 2.33. The van der Waals surface area contributed by atoms with Crippen molar-refractivity contribution in [3.63, 3.8) is 0 Å². The monoisotopic (exact) mass is 418 g/mol. The zero-order valence-corrected chi connectivity index (χ0v) is 16.7. The van der Waals surface area contributed by atoms with E-state index in [2.05, 4.69) is 15.4 Å². The first kappa shape index (κ1) is 20.7. The molecule has 1 aliphatic carbocycles. The SMILES string of the molecule is CC(O)CC1CCC(Nc2ccc3ncc(-c4cccc(C(F)(F)F)c4)n3n2)CC1. The second-order valence-corrected chi connectivity index (χ2v) is 8.16. The molecule has 0 saturated heterocycles. The number of hydrogen-bond donors (Lipinski definition) is 2. The Morgan fingerprint density at radius 3 is 2.63 bits per heavy atom. The van der Waals surface area contributed by atoms with Crippen molar-refractivity contribution in [3.8, 4) is 11.3 Å². The second kappa shape index (κ2) is 8.26. The molecule has 1 atom stereocenters. The van der Waals surface area contributed by atoms with Crippen LogP contribution in [0.25, 0.3) is 16.9 Å². The van der Waals surface area contributed by atoms with E-state index in [0.717, 1.165) is 44.2 Å². The third kappa shape index (κ3) is 4.59. The minimum absolute atomic E-state index is 0.265. The summed E-state index contributed by atoms with van der Waals surface area (Å²) in [7, 11) is 0.